The lowest BCUT2D eigenvalue weighted by molar-refractivity contribution is -0.218. The molecule has 3 fully saturated rings. The SMILES string of the molecule is COCCOCCOCCOCCOCCOCCOC1CC[C@@]2(O)C3Cc4ccc(O)c5c4C2(CCN3CC2CCC2)[C@H]1O5. The first-order valence-corrected chi connectivity index (χ1v) is 17.1. The summed E-state index contributed by atoms with van der Waals surface area (Å²) in [6, 6.07) is 3.88. The fraction of sp³-hybridized carbons (Fsp3) is 0.824. The first-order valence-electron chi connectivity index (χ1n) is 17.1. The number of likely N-dealkylation sites (tertiary alicyclic amines) is 1. The first-order chi connectivity index (χ1) is 22.1. The van der Waals surface area contributed by atoms with Crippen LogP contribution in [0.25, 0.3) is 0 Å². The van der Waals surface area contributed by atoms with Gasteiger partial charge in [-0.3, -0.25) is 4.90 Å². The summed E-state index contributed by atoms with van der Waals surface area (Å²) < 4.78 is 45.6. The maximum Gasteiger partial charge on any atom is 0.165 e. The monoisotopic (exact) mass is 635 g/mol. The summed E-state index contributed by atoms with van der Waals surface area (Å²) >= 11 is 0. The normalized spacial score (nSPS) is 30.2. The van der Waals surface area contributed by atoms with Crippen LogP contribution >= 0.6 is 0 Å². The highest BCUT2D eigenvalue weighted by Crippen LogP contribution is 2.65. The lowest BCUT2D eigenvalue weighted by Crippen LogP contribution is -2.77. The third kappa shape index (κ3) is 6.89. The van der Waals surface area contributed by atoms with Crippen molar-refractivity contribution in [3.63, 3.8) is 0 Å². The predicted molar refractivity (Wildman–Crippen MR) is 165 cm³/mol. The highest BCUT2D eigenvalue weighted by atomic mass is 16.6. The summed E-state index contributed by atoms with van der Waals surface area (Å²) in [5.74, 6) is 1.47. The van der Waals surface area contributed by atoms with Crippen LogP contribution in [0, 0.1) is 5.92 Å². The number of hydrogen-bond donors (Lipinski definition) is 2. The number of piperidine rings is 1. The number of ether oxygens (including phenoxy) is 8. The Morgan fingerprint density at radius 2 is 1.44 bits per heavy atom. The van der Waals surface area contributed by atoms with Gasteiger partial charge in [0.1, 0.15) is 6.10 Å². The van der Waals surface area contributed by atoms with Gasteiger partial charge >= 0.3 is 0 Å². The largest absolute Gasteiger partial charge is 0.504 e. The number of aliphatic hydroxyl groups is 1. The molecule has 2 saturated carbocycles. The molecule has 2 N–H and O–H groups in total. The Hall–Kier alpha value is -1.54. The van der Waals surface area contributed by atoms with Gasteiger partial charge in [-0.1, -0.05) is 12.5 Å². The van der Waals surface area contributed by atoms with Crippen molar-refractivity contribution in [2.75, 3.05) is 99.5 Å². The summed E-state index contributed by atoms with van der Waals surface area (Å²) in [5.41, 5.74) is 0.797. The van der Waals surface area contributed by atoms with Gasteiger partial charge in [0.05, 0.1) is 96.4 Å². The van der Waals surface area contributed by atoms with Gasteiger partial charge in [0, 0.05) is 25.3 Å². The molecular formula is C34H53NO10. The number of phenolic OH excluding ortho intramolecular Hbond substituents is 1. The van der Waals surface area contributed by atoms with E-state index in [2.05, 4.69) is 4.90 Å². The molecule has 1 spiro atoms. The van der Waals surface area contributed by atoms with Crippen LogP contribution in [0.4, 0.5) is 0 Å². The smallest absolute Gasteiger partial charge is 0.165 e. The van der Waals surface area contributed by atoms with Gasteiger partial charge in [0.2, 0.25) is 0 Å². The van der Waals surface area contributed by atoms with Crippen LogP contribution in [0.3, 0.4) is 0 Å². The second-order valence-electron chi connectivity index (χ2n) is 13.1. The average molecular weight is 636 g/mol. The van der Waals surface area contributed by atoms with Gasteiger partial charge in [-0.05, 0) is 62.6 Å². The molecule has 11 nitrogen and oxygen atoms in total. The van der Waals surface area contributed by atoms with E-state index in [1.54, 1.807) is 13.2 Å². The molecule has 0 radical (unpaired) electrons. The second kappa shape index (κ2) is 15.6. The first kappa shape index (κ1) is 33.4. The third-order valence-corrected chi connectivity index (χ3v) is 10.7. The van der Waals surface area contributed by atoms with Crippen molar-refractivity contribution in [2.45, 2.75) is 74.2 Å². The number of benzene rings is 1. The van der Waals surface area contributed by atoms with Crippen molar-refractivity contribution in [2.24, 2.45) is 5.92 Å². The molecule has 1 aromatic carbocycles. The summed E-state index contributed by atoms with van der Waals surface area (Å²) in [5, 5.41) is 23.4. The lowest BCUT2D eigenvalue weighted by Gasteiger charge is -2.64. The minimum absolute atomic E-state index is 0.0698. The molecule has 3 unspecified atom stereocenters. The molecular weight excluding hydrogens is 582 g/mol. The minimum Gasteiger partial charge on any atom is -0.504 e. The molecule has 1 aromatic rings. The maximum absolute atomic E-state index is 12.6. The topological polar surface area (TPSA) is 118 Å². The number of rotatable bonds is 21. The molecule has 254 valence electrons. The van der Waals surface area contributed by atoms with Gasteiger partial charge in [-0.25, -0.2) is 0 Å². The summed E-state index contributed by atoms with van der Waals surface area (Å²) in [6.45, 7) is 8.18. The molecule has 0 aromatic heterocycles. The van der Waals surface area contributed by atoms with Gasteiger partial charge in [0.15, 0.2) is 11.5 Å². The fourth-order valence-corrected chi connectivity index (χ4v) is 8.36. The molecule has 2 aliphatic heterocycles. The summed E-state index contributed by atoms with van der Waals surface area (Å²) in [7, 11) is 1.65. The predicted octanol–water partition coefficient (Wildman–Crippen LogP) is 2.46. The number of aromatic hydroxyl groups is 1. The Morgan fingerprint density at radius 1 is 0.822 bits per heavy atom. The van der Waals surface area contributed by atoms with E-state index >= 15 is 0 Å². The quantitative estimate of drug-likeness (QED) is 0.194. The molecule has 6 rings (SSSR count). The minimum atomic E-state index is -0.894. The standard InChI is InChI=1S/C34H53NO10/c1-38-11-12-39-13-14-40-15-16-41-17-18-42-19-20-43-21-22-44-28-7-8-34(37)29-23-26-5-6-27(36)31-30(26)33(34,32(28)45-31)9-10-35(29)24-25-3-2-4-25/h5-6,25,28-29,32,36-37H,2-4,7-24H2,1H3/t28?,29?,32-,33?,34+/m0/s1. The van der Waals surface area contributed by atoms with Gasteiger partial charge < -0.3 is 48.1 Å². The Balaban J connectivity index is 0.902. The number of phenols is 1. The van der Waals surface area contributed by atoms with Crippen molar-refractivity contribution in [3.8, 4) is 11.5 Å². The van der Waals surface area contributed by atoms with Crippen LogP contribution in [-0.4, -0.2) is 138 Å². The van der Waals surface area contributed by atoms with Crippen LogP contribution in [0.15, 0.2) is 12.1 Å². The number of hydrogen-bond acceptors (Lipinski definition) is 11. The van der Waals surface area contributed by atoms with Gasteiger partial charge in [0.25, 0.3) is 0 Å². The highest BCUT2D eigenvalue weighted by Gasteiger charge is 2.73. The van der Waals surface area contributed by atoms with E-state index in [-0.39, 0.29) is 24.0 Å². The molecule has 45 heavy (non-hydrogen) atoms. The van der Waals surface area contributed by atoms with Gasteiger partial charge in [-0.15, -0.1) is 0 Å². The molecule has 0 amide bonds. The van der Waals surface area contributed by atoms with Gasteiger partial charge in [-0.2, -0.15) is 0 Å². The van der Waals surface area contributed by atoms with E-state index in [0.29, 0.717) is 91.5 Å². The Morgan fingerprint density at radius 3 is 2.04 bits per heavy atom. The van der Waals surface area contributed by atoms with Crippen LogP contribution in [0.1, 0.15) is 49.7 Å². The summed E-state index contributed by atoms with van der Waals surface area (Å²) in [6.07, 6.45) is 6.44. The molecule has 3 aliphatic carbocycles. The van der Waals surface area contributed by atoms with Crippen molar-refractivity contribution in [3.05, 3.63) is 23.3 Å². The van der Waals surface area contributed by atoms with Crippen molar-refractivity contribution in [1.82, 2.24) is 4.90 Å². The molecule has 5 aliphatic rings. The van der Waals surface area contributed by atoms with E-state index < -0.39 is 11.0 Å². The highest BCUT2D eigenvalue weighted by molar-refractivity contribution is 5.62. The van der Waals surface area contributed by atoms with Crippen molar-refractivity contribution >= 4 is 0 Å². The average Bonchev–Trinajstić information content (AvgIpc) is 3.37. The lowest BCUT2D eigenvalue weighted by atomic mass is 9.48. The van der Waals surface area contributed by atoms with Crippen LogP contribution in [0.2, 0.25) is 0 Å². The van der Waals surface area contributed by atoms with E-state index in [0.717, 1.165) is 43.8 Å². The zero-order valence-corrected chi connectivity index (χ0v) is 26.9. The summed E-state index contributed by atoms with van der Waals surface area (Å²) in [4.78, 5) is 2.57. The van der Waals surface area contributed by atoms with Crippen molar-refractivity contribution < 1.29 is 48.1 Å². The third-order valence-electron chi connectivity index (χ3n) is 10.7. The van der Waals surface area contributed by atoms with E-state index in [1.165, 1.54) is 24.8 Å². The molecule has 5 atom stereocenters. The van der Waals surface area contributed by atoms with E-state index in [9.17, 15) is 10.2 Å². The molecule has 2 heterocycles. The van der Waals surface area contributed by atoms with Crippen LogP contribution in [0.5, 0.6) is 11.5 Å². The number of methoxy groups -OCH3 is 1. The zero-order chi connectivity index (χ0) is 31.1. The fourth-order valence-electron chi connectivity index (χ4n) is 8.36. The van der Waals surface area contributed by atoms with E-state index in [1.807, 2.05) is 6.07 Å². The van der Waals surface area contributed by atoms with Crippen LogP contribution in [-0.2, 0) is 45.0 Å². The molecule has 11 heteroatoms. The zero-order valence-electron chi connectivity index (χ0n) is 26.9. The van der Waals surface area contributed by atoms with Crippen molar-refractivity contribution in [1.29, 1.82) is 0 Å². The maximum atomic E-state index is 12.6. The Bertz CT molecular complexity index is 1090. The Labute approximate surface area is 267 Å². The Kier molecular flexibility index (Phi) is 11.5. The second-order valence-corrected chi connectivity index (χ2v) is 13.1. The molecule has 2 bridgehead atoms. The molecule has 1 saturated heterocycles. The van der Waals surface area contributed by atoms with E-state index in [4.69, 9.17) is 37.9 Å². The van der Waals surface area contributed by atoms with Crippen LogP contribution < -0.4 is 4.74 Å². The number of nitrogens with zero attached hydrogens (tertiary/aromatic N) is 1.